The molecule has 3 rings (SSSR count). The molecule has 4 heteroatoms. The van der Waals surface area contributed by atoms with E-state index in [1.54, 1.807) is 0 Å². The quantitative estimate of drug-likeness (QED) is 0.904. The third-order valence-corrected chi connectivity index (χ3v) is 3.80. The summed E-state index contributed by atoms with van der Waals surface area (Å²) in [6.07, 6.45) is 3.81. The van der Waals surface area contributed by atoms with Gasteiger partial charge in [-0.2, -0.15) is 0 Å². The summed E-state index contributed by atoms with van der Waals surface area (Å²) >= 11 is 0. The molecule has 1 aliphatic carbocycles. The Morgan fingerprint density at radius 3 is 2.37 bits per heavy atom. The average molecular weight is 284 g/mol. The van der Waals surface area contributed by atoms with Crippen molar-refractivity contribution in [2.24, 2.45) is 11.7 Å². The molecule has 0 aromatic heterocycles. The highest BCUT2D eigenvalue weighted by Crippen LogP contribution is 2.42. The van der Waals surface area contributed by atoms with Gasteiger partial charge in [0.05, 0.1) is 12.2 Å². The topological polar surface area (TPSA) is 44.5 Å². The van der Waals surface area contributed by atoms with Crippen LogP contribution in [0.3, 0.4) is 0 Å². The Bertz CT molecular complexity index is 448. The minimum absolute atomic E-state index is 0. The maximum atomic E-state index is 6.24. The number of nitrogens with two attached hydrogens (primary N) is 1. The number of hydrogen-bond acceptors (Lipinski definition) is 3. The van der Waals surface area contributed by atoms with Crippen LogP contribution in [0.1, 0.15) is 44.7 Å². The second-order valence-corrected chi connectivity index (χ2v) is 5.66. The van der Waals surface area contributed by atoms with Crippen LogP contribution in [0.5, 0.6) is 11.5 Å². The maximum Gasteiger partial charge on any atom is 0.161 e. The molecule has 3 unspecified atom stereocenters. The molecule has 2 N–H and O–H groups in total. The van der Waals surface area contributed by atoms with Crippen molar-refractivity contribution in [1.82, 2.24) is 0 Å². The second kappa shape index (κ2) is 5.59. The fourth-order valence-electron chi connectivity index (χ4n) is 2.65. The number of halogens is 1. The highest BCUT2D eigenvalue weighted by molar-refractivity contribution is 5.85. The maximum absolute atomic E-state index is 6.24. The fourth-order valence-corrected chi connectivity index (χ4v) is 2.65. The standard InChI is InChI=1S/C15H21NO2.ClH/c1-9-7-10(2)18-14-8-12(5-6-13(14)17-9)15(16)11-3-4-11;/h5-6,8-11,15H,3-4,7,16H2,1-2H3;1H. The Morgan fingerprint density at radius 1 is 1.11 bits per heavy atom. The van der Waals surface area contributed by atoms with Crippen molar-refractivity contribution < 1.29 is 9.47 Å². The molecule has 3 atom stereocenters. The molecule has 1 heterocycles. The van der Waals surface area contributed by atoms with Gasteiger partial charge in [-0.3, -0.25) is 0 Å². The number of hydrogen-bond donors (Lipinski definition) is 1. The van der Waals surface area contributed by atoms with Gasteiger partial charge in [0.25, 0.3) is 0 Å². The first-order valence-corrected chi connectivity index (χ1v) is 6.86. The van der Waals surface area contributed by atoms with Crippen LogP contribution in [-0.2, 0) is 0 Å². The van der Waals surface area contributed by atoms with E-state index in [1.807, 2.05) is 6.07 Å². The van der Waals surface area contributed by atoms with E-state index < -0.39 is 0 Å². The van der Waals surface area contributed by atoms with Crippen molar-refractivity contribution >= 4 is 12.4 Å². The third kappa shape index (κ3) is 3.15. The molecule has 0 saturated heterocycles. The first-order chi connectivity index (χ1) is 8.63. The average Bonchev–Trinajstić information content (AvgIpc) is 3.13. The lowest BCUT2D eigenvalue weighted by molar-refractivity contribution is 0.168. The summed E-state index contributed by atoms with van der Waals surface area (Å²) < 4.78 is 11.8. The molecule has 1 saturated carbocycles. The molecule has 1 fully saturated rings. The zero-order chi connectivity index (χ0) is 12.7. The van der Waals surface area contributed by atoms with Gasteiger partial charge in [-0.1, -0.05) is 6.07 Å². The highest BCUT2D eigenvalue weighted by atomic mass is 35.5. The van der Waals surface area contributed by atoms with Crippen LogP contribution in [0.25, 0.3) is 0 Å². The lowest BCUT2D eigenvalue weighted by Crippen LogP contribution is -2.18. The van der Waals surface area contributed by atoms with Crippen LogP contribution < -0.4 is 15.2 Å². The summed E-state index contributed by atoms with van der Waals surface area (Å²) in [6.45, 7) is 4.17. The monoisotopic (exact) mass is 283 g/mol. The van der Waals surface area contributed by atoms with Gasteiger partial charge in [-0.25, -0.2) is 0 Å². The Hall–Kier alpha value is -0.930. The molecule has 1 aromatic rings. The Kier molecular flexibility index (Phi) is 4.26. The smallest absolute Gasteiger partial charge is 0.161 e. The molecule has 0 radical (unpaired) electrons. The van der Waals surface area contributed by atoms with Crippen molar-refractivity contribution in [1.29, 1.82) is 0 Å². The Balaban J connectivity index is 0.00000133. The fraction of sp³-hybridized carbons (Fsp3) is 0.600. The lowest BCUT2D eigenvalue weighted by atomic mass is 10.0. The molecule has 1 aliphatic heterocycles. The van der Waals surface area contributed by atoms with Gasteiger partial charge in [0.1, 0.15) is 0 Å². The van der Waals surface area contributed by atoms with Crippen LogP contribution >= 0.6 is 12.4 Å². The zero-order valence-electron chi connectivity index (χ0n) is 11.5. The summed E-state index contributed by atoms with van der Waals surface area (Å²) in [5.41, 5.74) is 7.41. The second-order valence-electron chi connectivity index (χ2n) is 5.66. The SMILES string of the molecule is CC1CC(C)Oc2cc(C(N)C3CC3)ccc2O1.Cl. The van der Waals surface area contributed by atoms with Gasteiger partial charge in [0, 0.05) is 12.5 Å². The predicted octanol–water partition coefficient (Wildman–Crippen LogP) is 3.46. The summed E-state index contributed by atoms with van der Waals surface area (Å²) in [7, 11) is 0. The molecule has 0 amide bonds. The first kappa shape index (κ1) is 14.5. The van der Waals surface area contributed by atoms with E-state index in [-0.39, 0.29) is 30.7 Å². The minimum Gasteiger partial charge on any atom is -0.487 e. The van der Waals surface area contributed by atoms with Gasteiger partial charge in [-0.15, -0.1) is 12.4 Å². The molecular formula is C15H22ClNO2. The van der Waals surface area contributed by atoms with Gasteiger partial charge in [0.15, 0.2) is 11.5 Å². The summed E-state index contributed by atoms with van der Waals surface area (Å²) in [5.74, 6) is 2.35. The van der Waals surface area contributed by atoms with Gasteiger partial charge >= 0.3 is 0 Å². The van der Waals surface area contributed by atoms with Gasteiger partial charge in [0.2, 0.25) is 0 Å². The van der Waals surface area contributed by atoms with E-state index in [1.165, 1.54) is 18.4 Å². The molecule has 3 nitrogen and oxygen atoms in total. The van der Waals surface area contributed by atoms with E-state index in [0.29, 0.717) is 5.92 Å². The van der Waals surface area contributed by atoms with Gasteiger partial charge in [-0.05, 0) is 50.3 Å². The van der Waals surface area contributed by atoms with Crippen molar-refractivity contribution in [2.75, 3.05) is 0 Å². The van der Waals surface area contributed by atoms with E-state index in [4.69, 9.17) is 15.2 Å². The summed E-state index contributed by atoms with van der Waals surface area (Å²) in [5, 5.41) is 0. The van der Waals surface area contributed by atoms with E-state index in [9.17, 15) is 0 Å². The lowest BCUT2D eigenvalue weighted by Gasteiger charge is -2.15. The Labute approximate surface area is 120 Å². The molecule has 1 aromatic carbocycles. The number of benzene rings is 1. The van der Waals surface area contributed by atoms with Crippen molar-refractivity contribution in [3.8, 4) is 11.5 Å². The number of ether oxygens (including phenoxy) is 2. The molecule has 19 heavy (non-hydrogen) atoms. The van der Waals surface area contributed by atoms with Crippen LogP contribution in [0.4, 0.5) is 0 Å². The molecular weight excluding hydrogens is 262 g/mol. The molecule has 2 aliphatic rings. The first-order valence-electron chi connectivity index (χ1n) is 6.86. The van der Waals surface area contributed by atoms with Crippen molar-refractivity contribution in [2.45, 2.75) is 51.4 Å². The van der Waals surface area contributed by atoms with E-state index in [2.05, 4.69) is 26.0 Å². The number of fused-ring (bicyclic) bond motifs is 1. The summed E-state index contributed by atoms with van der Waals surface area (Å²) in [4.78, 5) is 0. The van der Waals surface area contributed by atoms with E-state index in [0.717, 1.165) is 17.9 Å². The normalized spacial score (nSPS) is 27.1. The molecule has 0 spiro atoms. The summed E-state index contributed by atoms with van der Waals surface area (Å²) in [6, 6.07) is 6.29. The molecule has 0 bridgehead atoms. The van der Waals surface area contributed by atoms with Crippen LogP contribution in [0.2, 0.25) is 0 Å². The van der Waals surface area contributed by atoms with Crippen LogP contribution in [-0.4, -0.2) is 12.2 Å². The van der Waals surface area contributed by atoms with Crippen molar-refractivity contribution in [3.05, 3.63) is 23.8 Å². The highest BCUT2D eigenvalue weighted by Gasteiger charge is 2.30. The molecule has 106 valence electrons. The van der Waals surface area contributed by atoms with Gasteiger partial charge < -0.3 is 15.2 Å². The third-order valence-electron chi connectivity index (χ3n) is 3.80. The van der Waals surface area contributed by atoms with E-state index >= 15 is 0 Å². The minimum atomic E-state index is 0. The Morgan fingerprint density at radius 2 is 1.74 bits per heavy atom. The predicted molar refractivity (Wildman–Crippen MR) is 78.1 cm³/mol. The van der Waals surface area contributed by atoms with Crippen molar-refractivity contribution in [3.63, 3.8) is 0 Å². The number of rotatable bonds is 2. The van der Waals surface area contributed by atoms with Crippen LogP contribution in [0.15, 0.2) is 18.2 Å². The van der Waals surface area contributed by atoms with Crippen LogP contribution in [0, 0.1) is 5.92 Å². The largest absolute Gasteiger partial charge is 0.487 e. The zero-order valence-corrected chi connectivity index (χ0v) is 12.3.